The van der Waals surface area contributed by atoms with Crippen molar-refractivity contribution in [3.8, 4) is 0 Å². The van der Waals surface area contributed by atoms with Crippen LogP contribution in [0.15, 0.2) is 60.8 Å². The summed E-state index contributed by atoms with van der Waals surface area (Å²) in [7, 11) is 0. The van der Waals surface area contributed by atoms with E-state index in [1.165, 1.54) is 18.3 Å². The summed E-state index contributed by atoms with van der Waals surface area (Å²) >= 11 is 6.09. The number of carbonyl (C=O) groups excluding carboxylic acids is 3. The lowest BCUT2D eigenvalue weighted by Gasteiger charge is -2.14. The van der Waals surface area contributed by atoms with Crippen molar-refractivity contribution in [1.82, 2.24) is 4.98 Å². The summed E-state index contributed by atoms with van der Waals surface area (Å²) in [6, 6.07) is 13.7. The van der Waals surface area contributed by atoms with E-state index < -0.39 is 29.2 Å². The number of nitrogens with zero attached hydrogens (tertiary/aromatic N) is 1. The predicted molar refractivity (Wildman–Crippen MR) is 106 cm³/mol. The molecule has 1 N–H and O–H groups in total. The molecule has 1 atom stereocenters. The van der Waals surface area contributed by atoms with Gasteiger partial charge >= 0.3 is 0 Å². The lowest BCUT2D eigenvalue weighted by Crippen LogP contribution is -2.20. The maximum Gasteiger partial charge on any atom is 0.274 e. The number of pyridine rings is 1. The Hall–Kier alpha value is -3.38. The van der Waals surface area contributed by atoms with E-state index in [-0.39, 0.29) is 23.2 Å². The van der Waals surface area contributed by atoms with Crippen molar-refractivity contribution in [3.63, 3.8) is 0 Å². The number of anilines is 1. The maximum atomic E-state index is 14.1. The fourth-order valence-corrected chi connectivity index (χ4v) is 3.60. The van der Waals surface area contributed by atoms with Gasteiger partial charge in [-0.2, -0.15) is 0 Å². The summed E-state index contributed by atoms with van der Waals surface area (Å²) in [5, 5.41) is 3.12. The molecule has 0 saturated carbocycles. The Bertz CT molecular complexity index is 1150. The van der Waals surface area contributed by atoms with E-state index in [2.05, 4.69) is 10.3 Å². The van der Waals surface area contributed by atoms with Crippen molar-refractivity contribution >= 4 is 34.8 Å². The fraction of sp³-hybridized carbons (Fsp3) is 0.0909. The molecule has 1 aromatic heterocycles. The molecule has 29 heavy (non-hydrogen) atoms. The van der Waals surface area contributed by atoms with Crippen molar-refractivity contribution in [2.75, 3.05) is 5.32 Å². The van der Waals surface area contributed by atoms with Crippen LogP contribution in [0.2, 0.25) is 5.02 Å². The van der Waals surface area contributed by atoms with Crippen LogP contribution in [0.1, 0.15) is 36.8 Å². The number of carbonyl (C=O) groups is 3. The highest BCUT2D eigenvalue weighted by molar-refractivity contribution is 6.31. The number of halogens is 2. The van der Waals surface area contributed by atoms with Crippen LogP contribution in [0.5, 0.6) is 0 Å². The van der Waals surface area contributed by atoms with E-state index in [1.807, 2.05) is 0 Å². The van der Waals surface area contributed by atoms with Gasteiger partial charge in [-0.15, -0.1) is 0 Å². The van der Waals surface area contributed by atoms with Gasteiger partial charge in [-0.3, -0.25) is 19.4 Å². The molecule has 1 heterocycles. The Morgan fingerprint density at radius 1 is 1.07 bits per heavy atom. The maximum absolute atomic E-state index is 14.1. The van der Waals surface area contributed by atoms with Crippen molar-refractivity contribution in [2.45, 2.75) is 6.42 Å². The zero-order chi connectivity index (χ0) is 20.5. The number of Topliss-reactive ketones (excluding diaryl/α,β-unsaturated/α-hetero) is 2. The van der Waals surface area contributed by atoms with Gasteiger partial charge in [-0.1, -0.05) is 29.8 Å². The Morgan fingerprint density at radius 2 is 1.90 bits per heavy atom. The van der Waals surface area contributed by atoms with E-state index in [0.29, 0.717) is 16.3 Å². The van der Waals surface area contributed by atoms with E-state index in [9.17, 15) is 18.8 Å². The second-order valence-electron chi connectivity index (χ2n) is 6.62. The summed E-state index contributed by atoms with van der Waals surface area (Å²) in [6.07, 6.45) is 1.49. The smallest absolute Gasteiger partial charge is 0.274 e. The molecular weight excluding hydrogens is 395 g/mol. The van der Waals surface area contributed by atoms with Crippen molar-refractivity contribution in [1.29, 1.82) is 0 Å². The topological polar surface area (TPSA) is 76.1 Å². The number of hydrogen-bond acceptors (Lipinski definition) is 4. The first kappa shape index (κ1) is 19.0. The predicted octanol–water partition coefficient (Wildman–Crippen LogP) is 4.36. The van der Waals surface area contributed by atoms with Crippen LogP contribution in [0.4, 0.5) is 10.1 Å². The minimum absolute atomic E-state index is 0.00974. The number of fused-ring (bicyclic) bond motifs is 1. The molecule has 144 valence electrons. The van der Waals surface area contributed by atoms with Gasteiger partial charge in [0.1, 0.15) is 11.5 Å². The molecule has 3 aromatic rings. The highest BCUT2D eigenvalue weighted by Gasteiger charge is 2.40. The van der Waals surface area contributed by atoms with Crippen LogP contribution in [-0.2, 0) is 6.42 Å². The molecule has 1 aliphatic carbocycles. The largest absolute Gasteiger partial charge is 0.320 e. The summed E-state index contributed by atoms with van der Waals surface area (Å²) in [6.45, 7) is 0. The Balaban J connectivity index is 1.64. The summed E-state index contributed by atoms with van der Waals surface area (Å²) in [5.41, 5.74) is 1.03. The second kappa shape index (κ2) is 7.56. The Morgan fingerprint density at radius 3 is 2.62 bits per heavy atom. The minimum Gasteiger partial charge on any atom is -0.320 e. The lowest BCUT2D eigenvalue weighted by molar-refractivity contribution is 0.0837. The third kappa shape index (κ3) is 3.54. The number of amides is 1. The molecule has 0 saturated heterocycles. The number of hydrogen-bond donors (Lipinski definition) is 1. The highest BCUT2D eigenvalue weighted by atomic mass is 35.5. The Labute approximate surface area is 170 Å². The van der Waals surface area contributed by atoms with Crippen LogP contribution in [-0.4, -0.2) is 22.5 Å². The molecular formula is C22H14ClFN2O3. The van der Waals surface area contributed by atoms with E-state index >= 15 is 0 Å². The quantitative estimate of drug-likeness (QED) is 0.650. The molecule has 0 spiro atoms. The monoisotopic (exact) mass is 408 g/mol. The van der Waals surface area contributed by atoms with E-state index in [4.69, 9.17) is 11.6 Å². The van der Waals surface area contributed by atoms with E-state index in [0.717, 1.165) is 6.07 Å². The molecule has 2 aromatic carbocycles. The van der Waals surface area contributed by atoms with Crippen LogP contribution < -0.4 is 5.32 Å². The number of benzene rings is 2. The van der Waals surface area contributed by atoms with Crippen LogP contribution in [0.3, 0.4) is 0 Å². The first-order valence-corrected chi connectivity index (χ1v) is 9.21. The third-order valence-corrected chi connectivity index (χ3v) is 5.03. The van der Waals surface area contributed by atoms with E-state index in [1.54, 1.807) is 36.4 Å². The molecule has 4 rings (SSSR count). The highest BCUT2D eigenvalue weighted by Crippen LogP contribution is 2.33. The molecule has 1 amide bonds. The first-order valence-electron chi connectivity index (χ1n) is 8.83. The molecule has 7 heteroatoms. The van der Waals surface area contributed by atoms with Gasteiger partial charge in [0, 0.05) is 22.5 Å². The lowest BCUT2D eigenvalue weighted by atomic mass is 9.93. The van der Waals surface area contributed by atoms with Gasteiger partial charge in [-0.05, 0) is 48.4 Å². The SMILES string of the molecule is O=C(Nc1ccc(Cl)cc1CC1C(=O)c2cccc(F)c2C1=O)c1ccccn1. The zero-order valence-electron chi connectivity index (χ0n) is 15.0. The van der Waals surface area contributed by atoms with Crippen LogP contribution in [0.25, 0.3) is 0 Å². The van der Waals surface area contributed by atoms with Gasteiger partial charge in [0.25, 0.3) is 5.91 Å². The average Bonchev–Trinajstić information content (AvgIpc) is 2.96. The zero-order valence-corrected chi connectivity index (χ0v) is 15.7. The third-order valence-electron chi connectivity index (χ3n) is 4.80. The Kier molecular flexibility index (Phi) is 4.94. The normalized spacial score (nSPS) is 15.3. The first-order chi connectivity index (χ1) is 14.0. The number of aromatic nitrogens is 1. The summed E-state index contributed by atoms with van der Waals surface area (Å²) in [4.78, 5) is 41.8. The summed E-state index contributed by atoms with van der Waals surface area (Å²) < 4.78 is 14.1. The van der Waals surface area contributed by atoms with Crippen LogP contribution >= 0.6 is 11.6 Å². The van der Waals surface area contributed by atoms with Crippen molar-refractivity contribution in [2.24, 2.45) is 5.92 Å². The standard InChI is InChI=1S/C22H14ClFN2O3/c23-13-7-8-17(26-22(29)18-6-1-2-9-25-18)12(10-13)11-15-20(27)14-4-3-5-16(24)19(14)21(15)28/h1-10,15H,11H2,(H,26,29). The van der Waals surface area contributed by atoms with Gasteiger partial charge in [0.2, 0.25) is 0 Å². The average molecular weight is 409 g/mol. The molecule has 0 aliphatic heterocycles. The molecule has 0 radical (unpaired) electrons. The molecule has 0 fully saturated rings. The minimum atomic E-state index is -1.06. The number of rotatable bonds is 4. The molecule has 5 nitrogen and oxygen atoms in total. The van der Waals surface area contributed by atoms with Gasteiger partial charge < -0.3 is 5.32 Å². The second-order valence-corrected chi connectivity index (χ2v) is 7.05. The molecule has 0 bridgehead atoms. The van der Waals surface area contributed by atoms with Crippen molar-refractivity contribution < 1.29 is 18.8 Å². The van der Waals surface area contributed by atoms with Gasteiger partial charge in [-0.25, -0.2) is 4.39 Å². The summed E-state index contributed by atoms with van der Waals surface area (Å²) in [5.74, 6) is -3.21. The van der Waals surface area contributed by atoms with Crippen molar-refractivity contribution in [3.05, 3.63) is 94.0 Å². The van der Waals surface area contributed by atoms with Gasteiger partial charge in [0.15, 0.2) is 11.6 Å². The van der Waals surface area contributed by atoms with Gasteiger partial charge in [0.05, 0.1) is 11.5 Å². The molecule has 1 aliphatic rings. The fourth-order valence-electron chi connectivity index (χ4n) is 3.40. The molecule has 1 unspecified atom stereocenters. The number of nitrogens with one attached hydrogen (secondary N) is 1. The number of ketones is 2. The van der Waals surface area contributed by atoms with Crippen LogP contribution in [0, 0.1) is 11.7 Å².